The summed E-state index contributed by atoms with van der Waals surface area (Å²) in [6, 6.07) is 20.3. The average Bonchev–Trinajstić information content (AvgIpc) is 3.36. The van der Waals surface area contributed by atoms with E-state index in [2.05, 4.69) is 34.1 Å². The zero-order chi connectivity index (χ0) is 22.6. The highest BCUT2D eigenvalue weighted by Gasteiger charge is 2.29. The Bertz CT molecular complexity index is 1050. The van der Waals surface area contributed by atoms with Crippen molar-refractivity contribution in [3.8, 4) is 11.5 Å². The van der Waals surface area contributed by atoms with Gasteiger partial charge in [-0.05, 0) is 73.3 Å². The van der Waals surface area contributed by atoms with Crippen molar-refractivity contribution >= 4 is 10.8 Å². The maximum Gasteiger partial charge on any atom is 0.121 e. The Kier molecular flexibility index (Phi) is 6.81. The van der Waals surface area contributed by atoms with Crippen molar-refractivity contribution in [1.82, 2.24) is 9.80 Å². The Balaban J connectivity index is 1.42. The first-order chi connectivity index (χ1) is 16.2. The topological polar surface area (TPSA) is 56.2 Å². The van der Waals surface area contributed by atoms with E-state index in [9.17, 15) is 10.2 Å². The quantitative estimate of drug-likeness (QED) is 0.557. The molecule has 5 rings (SSSR count). The molecule has 3 aromatic rings. The highest BCUT2D eigenvalue weighted by Crippen LogP contribution is 2.40. The molecule has 5 nitrogen and oxygen atoms in total. The second-order valence-corrected chi connectivity index (χ2v) is 9.36. The van der Waals surface area contributed by atoms with Gasteiger partial charge >= 0.3 is 0 Å². The predicted molar refractivity (Wildman–Crippen MR) is 132 cm³/mol. The smallest absolute Gasteiger partial charge is 0.121 e. The first-order valence-electron chi connectivity index (χ1n) is 12.3. The van der Waals surface area contributed by atoms with Gasteiger partial charge in [0.1, 0.15) is 18.1 Å². The van der Waals surface area contributed by atoms with E-state index < -0.39 is 0 Å². The zero-order valence-corrected chi connectivity index (χ0v) is 19.2. The number of phenols is 1. The van der Waals surface area contributed by atoms with Crippen molar-refractivity contribution in [2.45, 2.75) is 37.8 Å². The molecule has 1 atom stereocenters. The van der Waals surface area contributed by atoms with Gasteiger partial charge in [0.2, 0.25) is 0 Å². The van der Waals surface area contributed by atoms with E-state index >= 15 is 0 Å². The minimum atomic E-state index is -0.241. The van der Waals surface area contributed by atoms with Gasteiger partial charge in [-0.3, -0.25) is 9.80 Å². The van der Waals surface area contributed by atoms with Crippen LogP contribution in [0.4, 0.5) is 0 Å². The van der Waals surface area contributed by atoms with Crippen molar-refractivity contribution in [2.24, 2.45) is 0 Å². The molecule has 174 valence electrons. The van der Waals surface area contributed by atoms with E-state index in [4.69, 9.17) is 4.74 Å². The first kappa shape index (κ1) is 22.2. The third kappa shape index (κ3) is 5.01. The number of nitrogens with zero attached hydrogens (tertiary/aromatic N) is 2. The fraction of sp³-hybridized carbons (Fsp3) is 0.429. The number of piperidine rings is 1. The number of fused-ring (bicyclic) bond motifs is 1. The monoisotopic (exact) mass is 446 g/mol. The fourth-order valence-electron chi connectivity index (χ4n) is 5.32. The number of likely N-dealkylation sites (tertiary alicyclic amines) is 2. The molecule has 2 fully saturated rings. The van der Waals surface area contributed by atoms with E-state index in [1.807, 2.05) is 30.3 Å². The molecule has 2 heterocycles. The van der Waals surface area contributed by atoms with Crippen LogP contribution in [0.15, 0.2) is 60.7 Å². The molecule has 0 aliphatic carbocycles. The van der Waals surface area contributed by atoms with Crippen LogP contribution in [0.2, 0.25) is 0 Å². The lowest BCUT2D eigenvalue weighted by Gasteiger charge is -2.37. The van der Waals surface area contributed by atoms with Crippen molar-refractivity contribution in [3.63, 3.8) is 0 Å². The van der Waals surface area contributed by atoms with E-state index in [1.54, 1.807) is 6.07 Å². The number of benzene rings is 3. The molecule has 0 spiro atoms. The van der Waals surface area contributed by atoms with Gasteiger partial charge in [-0.1, -0.05) is 42.5 Å². The number of hydrogen-bond acceptors (Lipinski definition) is 5. The predicted octanol–water partition coefficient (Wildman–Crippen LogP) is 4.57. The van der Waals surface area contributed by atoms with Gasteiger partial charge in [0.25, 0.3) is 0 Å². The second kappa shape index (κ2) is 10.1. The Hall–Kier alpha value is -2.60. The molecule has 2 saturated heterocycles. The standard InChI is InChI=1S/C28H34N2O3/c31-23-13-17-30(18-14-23)28(27-25-6-2-1-5-21(25)9-12-26(27)32)22-7-10-24(11-8-22)33-20-19-29-15-3-4-16-29/h1-2,5-12,23,28,31-32H,3-4,13-20H2. The molecule has 1 unspecified atom stereocenters. The van der Waals surface area contributed by atoms with Crippen molar-refractivity contribution in [1.29, 1.82) is 0 Å². The molecular weight excluding hydrogens is 412 g/mol. The van der Waals surface area contributed by atoms with Crippen LogP contribution in [0, 0.1) is 0 Å². The van der Waals surface area contributed by atoms with Crippen LogP contribution >= 0.6 is 0 Å². The molecular formula is C28H34N2O3. The summed E-state index contributed by atoms with van der Waals surface area (Å²) in [5.41, 5.74) is 2.07. The van der Waals surface area contributed by atoms with Gasteiger partial charge in [-0.2, -0.15) is 0 Å². The third-order valence-electron chi connectivity index (χ3n) is 7.16. The van der Waals surface area contributed by atoms with Crippen LogP contribution < -0.4 is 4.74 Å². The van der Waals surface area contributed by atoms with Gasteiger partial charge < -0.3 is 14.9 Å². The van der Waals surface area contributed by atoms with E-state index in [0.29, 0.717) is 12.4 Å². The summed E-state index contributed by atoms with van der Waals surface area (Å²) in [5, 5.41) is 23.3. The third-order valence-corrected chi connectivity index (χ3v) is 7.16. The van der Waals surface area contributed by atoms with Gasteiger partial charge in [-0.15, -0.1) is 0 Å². The lowest BCUT2D eigenvalue weighted by atomic mass is 9.90. The van der Waals surface area contributed by atoms with E-state index in [0.717, 1.165) is 60.1 Å². The van der Waals surface area contributed by atoms with Gasteiger partial charge in [0, 0.05) is 25.2 Å². The summed E-state index contributed by atoms with van der Waals surface area (Å²) >= 11 is 0. The number of aliphatic hydroxyl groups excluding tert-OH is 1. The van der Waals surface area contributed by atoms with Gasteiger partial charge in [-0.25, -0.2) is 0 Å². The molecule has 0 saturated carbocycles. The van der Waals surface area contributed by atoms with Crippen molar-refractivity contribution in [3.05, 3.63) is 71.8 Å². The maximum atomic E-state index is 11.0. The molecule has 0 amide bonds. The Morgan fingerprint density at radius 2 is 1.61 bits per heavy atom. The number of aliphatic hydroxyl groups is 1. The molecule has 2 N–H and O–H groups in total. The second-order valence-electron chi connectivity index (χ2n) is 9.36. The molecule has 5 heteroatoms. The largest absolute Gasteiger partial charge is 0.508 e. The minimum Gasteiger partial charge on any atom is -0.508 e. The van der Waals surface area contributed by atoms with Crippen LogP contribution in [0.1, 0.15) is 42.9 Å². The Morgan fingerprint density at radius 1 is 0.879 bits per heavy atom. The van der Waals surface area contributed by atoms with Crippen LogP contribution in [0.3, 0.4) is 0 Å². The van der Waals surface area contributed by atoms with Crippen LogP contribution in [-0.4, -0.2) is 65.4 Å². The number of rotatable bonds is 7. The molecule has 33 heavy (non-hydrogen) atoms. The summed E-state index contributed by atoms with van der Waals surface area (Å²) in [7, 11) is 0. The van der Waals surface area contributed by atoms with E-state index in [-0.39, 0.29) is 12.1 Å². The lowest BCUT2D eigenvalue weighted by molar-refractivity contribution is 0.0686. The minimum absolute atomic E-state index is 0.0813. The molecule has 2 aliphatic rings. The maximum absolute atomic E-state index is 11.0. The summed E-state index contributed by atoms with van der Waals surface area (Å²) < 4.78 is 6.02. The Labute approximate surface area is 196 Å². The molecule has 0 aromatic heterocycles. The van der Waals surface area contributed by atoms with Crippen LogP contribution in [0.5, 0.6) is 11.5 Å². The number of phenolic OH excluding ortho intramolecular Hbond substituents is 1. The number of hydrogen-bond donors (Lipinski definition) is 2. The summed E-state index contributed by atoms with van der Waals surface area (Å²) in [6.07, 6.45) is 3.85. The molecule has 0 radical (unpaired) electrons. The Morgan fingerprint density at radius 3 is 2.36 bits per heavy atom. The normalized spacial score (nSPS) is 19.2. The zero-order valence-electron chi connectivity index (χ0n) is 19.2. The summed E-state index contributed by atoms with van der Waals surface area (Å²) in [4.78, 5) is 4.84. The summed E-state index contributed by atoms with van der Waals surface area (Å²) in [6.45, 7) is 5.64. The SMILES string of the molecule is Oc1ccc2ccccc2c1C(c1ccc(OCCN2CCCC2)cc1)N1CCC(O)CC1. The fourth-order valence-corrected chi connectivity index (χ4v) is 5.32. The van der Waals surface area contributed by atoms with Gasteiger partial charge in [0.05, 0.1) is 12.1 Å². The molecule has 3 aromatic carbocycles. The van der Waals surface area contributed by atoms with Crippen molar-refractivity contribution < 1.29 is 14.9 Å². The van der Waals surface area contributed by atoms with Crippen molar-refractivity contribution in [2.75, 3.05) is 39.3 Å². The lowest BCUT2D eigenvalue weighted by Crippen LogP contribution is -2.39. The number of ether oxygens (including phenoxy) is 1. The van der Waals surface area contributed by atoms with Crippen LogP contribution in [0.25, 0.3) is 10.8 Å². The van der Waals surface area contributed by atoms with E-state index in [1.165, 1.54) is 25.9 Å². The summed E-state index contributed by atoms with van der Waals surface area (Å²) in [5.74, 6) is 1.20. The highest BCUT2D eigenvalue weighted by molar-refractivity contribution is 5.88. The highest BCUT2D eigenvalue weighted by atomic mass is 16.5. The number of aromatic hydroxyl groups is 1. The molecule has 2 aliphatic heterocycles. The average molecular weight is 447 g/mol. The molecule has 0 bridgehead atoms. The van der Waals surface area contributed by atoms with Crippen LogP contribution in [-0.2, 0) is 0 Å². The first-order valence-corrected chi connectivity index (χ1v) is 12.3. The van der Waals surface area contributed by atoms with Gasteiger partial charge in [0.15, 0.2) is 0 Å².